The van der Waals surface area contributed by atoms with E-state index in [1.54, 1.807) is 6.20 Å². The summed E-state index contributed by atoms with van der Waals surface area (Å²) >= 11 is 3.55. The van der Waals surface area contributed by atoms with Gasteiger partial charge in [-0.25, -0.2) is 4.98 Å². The van der Waals surface area contributed by atoms with Crippen molar-refractivity contribution in [2.24, 2.45) is 5.73 Å². The average molecular weight is 319 g/mol. The summed E-state index contributed by atoms with van der Waals surface area (Å²) in [5.41, 5.74) is 8.28. The number of hydrogen-bond donors (Lipinski definition) is 2. The normalized spacial score (nSPS) is 10.3. The van der Waals surface area contributed by atoms with Crippen molar-refractivity contribution in [2.45, 2.75) is 6.92 Å². The highest BCUT2D eigenvalue weighted by Crippen LogP contribution is 2.31. The van der Waals surface area contributed by atoms with Crippen LogP contribution in [0.15, 0.2) is 41.0 Å². The molecule has 4 nitrogen and oxygen atoms in total. The molecule has 1 aromatic carbocycles. The van der Waals surface area contributed by atoms with Crippen LogP contribution in [-0.4, -0.2) is 17.9 Å². The Morgan fingerprint density at radius 1 is 1.37 bits per heavy atom. The van der Waals surface area contributed by atoms with Gasteiger partial charge in [0.25, 0.3) is 0 Å². The minimum Gasteiger partial charge on any atom is -0.384 e. The smallest absolute Gasteiger partial charge is 0.147 e. The summed E-state index contributed by atoms with van der Waals surface area (Å²) in [5.74, 6) is 0.896. The summed E-state index contributed by atoms with van der Waals surface area (Å²) < 4.78 is 0.964. The molecule has 0 atom stereocenters. The molecule has 0 unspecified atom stereocenters. The molecule has 19 heavy (non-hydrogen) atoms. The van der Waals surface area contributed by atoms with E-state index in [-0.39, 0.29) is 5.84 Å². The molecule has 1 heterocycles. The Balaban J connectivity index is 2.44. The SMILES string of the molecule is Cc1ccnc(N(C)c2cccc(C(=N)N)c2)c1Br. The van der Waals surface area contributed by atoms with Crippen molar-refractivity contribution in [1.29, 1.82) is 5.41 Å². The zero-order valence-electron chi connectivity index (χ0n) is 10.8. The summed E-state index contributed by atoms with van der Waals surface area (Å²) in [6, 6.07) is 9.49. The van der Waals surface area contributed by atoms with E-state index in [4.69, 9.17) is 11.1 Å². The summed E-state index contributed by atoms with van der Waals surface area (Å²) in [4.78, 5) is 6.35. The molecule has 0 amide bonds. The van der Waals surface area contributed by atoms with Crippen LogP contribution in [0.25, 0.3) is 0 Å². The van der Waals surface area contributed by atoms with Gasteiger partial charge < -0.3 is 10.6 Å². The summed E-state index contributed by atoms with van der Waals surface area (Å²) in [7, 11) is 1.94. The van der Waals surface area contributed by atoms with Gasteiger partial charge in [-0.2, -0.15) is 0 Å². The minimum absolute atomic E-state index is 0.0616. The molecule has 0 aliphatic heterocycles. The van der Waals surface area contributed by atoms with Gasteiger partial charge in [0, 0.05) is 24.5 Å². The van der Waals surface area contributed by atoms with Crippen molar-refractivity contribution < 1.29 is 0 Å². The van der Waals surface area contributed by atoms with Crippen molar-refractivity contribution in [1.82, 2.24) is 4.98 Å². The van der Waals surface area contributed by atoms with Crippen molar-refractivity contribution in [3.63, 3.8) is 0 Å². The van der Waals surface area contributed by atoms with E-state index in [1.165, 1.54) is 0 Å². The van der Waals surface area contributed by atoms with Gasteiger partial charge in [-0.05, 0) is 46.6 Å². The number of nitrogen functional groups attached to an aromatic ring is 1. The third-order valence-corrected chi connectivity index (χ3v) is 3.91. The maximum Gasteiger partial charge on any atom is 0.147 e. The molecular weight excluding hydrogens is 304 g/mol. The van der Waals surface area contributed by atoms with Gasteiger partial charge in [-0.3, -0.25) is 5.41 Å². The summed E-state index contributed by atoms with van der Waals surface area (Å²) in [6.45, 7) is 2.02. The van der Waals surface area contributed by atoms with Gasteiger partial charge >= 0.3 is 0 Å². The lowest BCUT2D eigenvalue weighted by molar-refractivity contribution is 1.10. The molecule has 0 spiro atoms. The molecule has 2 aromatic rings. The first-order valence-electron chi connectivity index (χ1n) is 5.80. The first-order chi connectivity index (χ1) is 9.00. The van der Waals surface area contributed by atoms with Crippen LogP contribution in [0.3, 0.4) is 0 Å². The number of amidine groups is 1. The molecule has 0 aliphatic rings. The highest BCUT2D eigenvalue weighted by atomic mass is 79.9. The van der Waals surface area contributed by atoms with E-state index in [0.717, 1.165) is 21.5 Å². The molecule has 1 aromatic heterocycles. The Labute approximate surface area is 120 Å². The highest BCUT2D eigenvalue weighted by molar-refractivity contribution is 9.10. The van der Waals surface area contributed by atoms with E-state index in [2.05, 4.69) is 20.9 Å². The van der Waals surface area contributed by atoms with Gasteiger partial charge in [-0.15, -0.1) is 0 Å². The molecule has 0 bridgehead atoms. The second kappa shape index (κ2) is 5.40. The lowest BCUT2D eigenvalue weighted by atomic mass is 10.1. The number of nitrogens with one attached hydrogen (secondary N) is 1. The van der Waals surface area contributed by atoms with Crippen LogP contribution >= 0.6 is 15.9 Å². The van der Waals surface area contributed by atoms with Gasteiger partial charge in [0.1, 0.15) is 11.7 Å². The van der Waals surface area contributed by atoms with Crippen LogP contribution in [0.1, 0.15) is 11.1 Å². The number of halogens is 1. The summed E-state index contributed by atoms with van der Waals surface area (Å²) in [6.07, 6.45) is 1.78. The number of nitrogens with zero attached hydrogens (tertiary/aromatic N) is 2. The maximum absolute atomic E-state index is 7.49. The van der Waals surface area contributed by atoms with Crippen LogP contribution in [0, 0.1) is 12.3 Å². The molecule has 0 aliphatic carbocycles. The standard InChI is InChI=1S/C14H15BrN4/c1-9-6-7-18-14(12(9)15)19(2)11-5-3-4-10(8-11)13(16)17/h3-8H,1-2H3,(H3,16,17). The number of anilines is 2. The van der Waals surface area contributed by atoms with Crippen molar-refractivity contribution in [3.8, 4) is 0 Å². The van der Waals surface area contributed by atoms with Crippen LogP contribution in [0.5, 0.6) is 0 Å². The van der Waals surface area contributed by atoms with Gasteiger partial charge in [-0.1, -0.05) is 12.1 Å². The summed E-state index contributed by atoms with van der Waals surface area (Å²) in [5, 5.41) is 7.49. The Kier molecular flexibility index (Phi) is 3.85. The van der Waals surface area contributed by atoms with E-state index in [1.807, 2.05) is 49.2 Å². The fraction of sp³-hybridized carbons (Fsp3) is 0.143. The number of nitrogens with two attached hydrogens (primary N) is 1. The first-order valence-corrected chi connectivity index (χ1v) is 6.59. The monoisotopic (exact) mass is 318 g/mol. The third-order valence-electron chi connectivity index (χ3n) is 2.93. The lowest BCUT2D eigenvalue weighted by Gasteiger charge is -2.21. The maximum atomic E-state index is 7.49. The molecule has 0 saturated heterocycles. The molecule has 0 saturated carbocycles. The Morgan fingerprint density at radius 3 is 2.79 bits per heavy atom. The number of pyridine rings is 1. The van der Waals surface area contributed by atoms with Crippen molar-refractivity contribution in [2.75, 3.05) is 11.9 Å². The average Bonchev–Trinajstić information content (AvgIpc) is 2.41. The predicted molar refractivity (Wildman–Crippen MR) is 82.2 cm³/mol. The van der Waals surface area contributed by atoms with E-state index in [9.17, 15) is 0 Å². The molecule has 98 valence electrons. The third kappa shape index (κ3) is 2.76. The van der Waals surface area contributed by atoms with Crippen LogP contribution < -0.4 is 10.6 Å². The molecule has 2 rings (SSSR count). The highest BCUT2D eigenvalue weighted by Gasteiger charge is 2.11. The van der Waals surface area contributed by atoms with Crippen LogP contribution in [0.2, 0.25) is 0 Å². The molecule has 3 N–H and O–H groups in total. The van der Waals surface area contributed by atoms with Crippen LogP contribution in [0.4, 0.5) is 11.5 Å². The number of aromatic nitrogens is 1. The molecule has 0 radical (unpaired) electrons. The Hall–Kier alpha value is -1.88. The fourth-order valence-corrected chi connectivity index (χ4v) is 2.26. The zero-order valence-corrected chi connectivity index (χ0v) is 12.4. The molecule has 5 heteroatoms. The molecule has 0 fully saturated rings. The fourth-order valence-electron chi connectivity index (χ4n) is 1.76. The van der Waals surface area contributed by atoms with Crippen molar-refractivity contribution in [3.05, 3.63) is 52.1 Å². The van der Waals surface area contributed by atoms with Gasteiger partial charge in [0.05, 0.1) is 4.47 Å². The topological polar surface area (TPSA) is 66.0 Å². The number of benzene rings is 1. The number of aryl methyl sites for hydroxylation is 1. The molecular formula is C14H15BrN4. The van der Waals surface area contributed by atoms with Gasteiger partial charge in [0.2, 0.25) is 0 Å². The van der Waals surface area contributed by atoms with E-state index in [0.29, 0.717) is 5.56 Å². The van der Waals surface area contributed by atoms with Crippen molar-refractivity contribution >= 4 is 33.3 Å². The zero-order chi connectivity index (χ0) is 14.0. The second-order valence-electron chi connectivity index (χ2n) is 4.29. The first kappa shape index (κ1) is 13.5. The largest absolute Gasteiger partial charge is 0.384 e. The quantitative estimate of drug-likeness (QED) is 0.674. The second-order valence-corrected chi connectivity index (χ2v) is 5.08. The Morgan fingerprint density at radius 2 is 2.11 bits per heavy atom. The Bertz CT molecular complexity index is 625. The minimum atomic E-state index is 0.0616. The number of hydrogen-bond acceptors (Lipinski definition) is 3. The van der Waals surface area contributed by atoms with E-state index >= 15 is 0 Å². The number of rotatable bonds is 3. The van der Waals surface area contributed by atoms with Crippen LogP contribution in [-0.2, 0) is 0 Å². The lowest BCUT2D eigenvalue weighted by Crippen LogP contribution is -2.15. The van der Waals surface area contributed by atoms with E-state index < -0.39 is 0 Å². The predicted octanol–water partition coefficient (Wildman–Crippen LogP) is 3.20. The van der Waals surface area contributed by atoms with Gasteiger partial charge in [0.15, 0.2) is 0 Å².